The fraction of sp³-hybridized carbons (Fsp3) is 0.538. The highest BCUT2D eigenvalue weighted by molar-refractivity contribution is 6.32. The molecule has 0 atom stereocenters. The lowest BCUT2D eigenvalue weighted by Gasteiger charge is -2.05. The average Bonchev–Trinajstić information content (AvgIpc) is 2.81. The summed E-state index contributed by atoms with van der Waals surface area (Å²) in [6.07, 6.45) is 15.6. The van der Waals surface area contributed by atoms with Crippen LogP contribution in [-0.4, -0.2) is 29.6 Å². The Kier molecular flexibility index (Phi) is 13.1. The molecule has 33 heavy (non-hydrogen) atoms. The van der Waals surface area contributed by atoms with Crippen molar-refractivity contribution in [2.75, 3.05) is 6.54 Å². The number of carbonyl (C=O) groups excluding carboxylic acids is 2. The topological polar surface area (TPSA) is 83.5 Å². The number of halogens is 1. The van der Waals surface area contributed by atoms with Crippen LogP contribution in [0.4, 0.5) is 0 Å². The zero-order valence-corrected chi connectivity index (χ0v) is 20.5. The number of hydrazone groups is 1. The highest BCUT2D eigenvalue weighted by atomic mass is 35.5. The Morgan fingerprint density at radius 3 is 2.27 bits per heavy atom. The summed E-state index contributed by atoms with van der Waals surface area (Å²) in [5.74, 6) is -0.491. The van der Waals surface area contributed by atoms with Crippen LogP contribution in [0.1, 0.15) is 89.5 Å². The number of hydrogen-bond acceptors (Lipinski definition) is 4. The van der Waals surface area contributed by atoms with Crippen LogP contribution in [0.5, 0.6) is 0 Å². The van der Waals surface area contributed by atoms with Crippen molar-refractivity contribution in [3.8, 4) is 0 Å². The van der Waals surface area contributed by atoms with E-state index in [0.717, 1.165) is 23.7 Å². The predicted molar refractivity (Wildman–Crippen MR) is 137 cm³/mol. The van der Waals surface area contributed by atoms with E-state index in [0.29, 0.717) is 17.1 Å². The molecule has 0 radical (unpaired) electrons. The van der Waals surface area contributed by atoms with Crippen LogP contribution in [0.15, 0.2) is 35.4 Å². The zero-order chi connectivity index (χ0) is 23.7. The van der Waals surface area contributed by atoms with Crippen molar-refractivity contribution < 1.29 is 9.59 Å². The number of nitrogens with one attached hydrogen (secondary N) is 2. The molecule has 1 aromatic carbocycles. The molecule has 0 saturated heterocycles. The van der Waals surface area contributed by atoms with Gasteiger partial charge in [0.05, 0.1) is 18.3 Å². The van der Waals surface area contributed by atoms with Crippen LogP contribution in [0.25, 0.3) is 10.9 Å². The summed E-state index contributed by atoms with van der Waals surface area (Å²) in [7, 11) is 0. The maximum Gasteiger partial charge on any atom is 0.259 e. The number of benzene rings is 1. The predicted octanol–water partition coefficient (Wildman–Crippen LogP) is 6.16. The van der Waals surface area contributed by atoms with Gasteiger partial charge in [0.1, 0.15) is 5.15 Å². The molecular weight excluding hydrogens is 436 g/mol. The number of hydrogen-bond donors (Lipinski definition) is 2. The third-order valence-corrected chi connectivity index (χ3v) is 5.85. The van der Waals surface area contributed by atoms with Crippen LogP contribution < -0.4 is 10.7 Å². The Bertz CT molecular complexity index is 901. The Labute approximate surface area is 202 Å². The number of unbranched alkanes of at least 4 members (excludes halogenated alkanes) is 10. The van der Waals surface area contributed by atoms with Crippen molar-refractivity contribution in [3.63, 3.8) is 0 Å². The van der Waals surface area contributed by atoms with E-state index < -0.39 is 0 Å². The molecule has 0 aliphatic heterocycles. The number of nitrogens with zero attached hydrogens (tertiary/aromatic N) is 2. The van der Waals surface area contributed by atoms with Crippen LogP contribution >= 0.6 is 11.6 Å². The van der Waals surface area contributed by atoms with Crippen LogP contribution in [0, 0.1) is 0 Å². The first-order chi connectivity index (χ1) is 16.1. The lowest BCUT2D eigenvalue weighted by atomic mass is 10.1. The zero-order valence-electron chi connectivity index (χ0n) is 19.7. The lowest BCUT2D eigenvalue weighted by molar-refractivity contribution is -0.126. The van der Waals surface area contributed by atoms with Crippen molar-refractivity contribution in [1.82, 2.24) is 15.7 Å². The molecule has 6 nitrogen and oxygen atoms in total. The molecule has 0 fully saturated rings. The summed E-state index contributed by atoms with van der Waals surface area (Å²) in [5, 5.41) is 7.80. The van der Waals surface area contributed by atoms with E-state index in [-0.39, 0.29) is 18.4 Å². The van der Waals surface area contributed by atoms with Crippen molar-refractivity contribution in [2.24, 2.45) is 5.10 Å². The molecular formula is C26H37ClN4O2. The van der Waals surface area contributed by atoms with Gasteiger partial charge >= 0.3 is 0 Å². The van der Waals surface area contributed by atoms with Gasteiger partial charge in [-0.15, -0.1) is 0 Å². The van der Waals surface area contributed by atoms with Crippen LogP contribution in [-0.2, 0) is 9.59 Å². The molecule has 1 aromatic heterocycles. The molecule has 0 unspecified atom stereocenters. The van der Waals surface area contributed by atoms with Gasteiger partial charge in [-0.3, -0.25) is 9.59 Å². The van der Waals surface area contributed by atoms with E-state index in [1.165, 1.54) is 64.0 Å². The number of amides is 2. The smallest absolute Gasteiger partial charge is 0.259 e. The van der Waals surface area contributed by atoms with E-state index in [2.05, 4.69) is 27.8 Å². The molecule has 0 aliphatic carbocycles. The van der Waals surface area contributed by atoms with Gasteiger partial charge in [0, 0.05) is 17.4 Å². The van der Waals surface area contributed by atoms with E-state index in [4.69, 9.17) is 11.6 Å². The molecule has 2 amide bonds. The fourth-order valence-corrected chi connectivity index (χ4v) is 3.82. The van der Waals surface area contributed by atoms with Crippen molar-refractivity contribution in [3.05, 3.63) is 41.0 Å². The summed E-state index contributed by atoms with van der Waals surface area (Å²) in [6, 6.07) is 9.48. The summed E-state index contributed by atoms with van der Waals surface area (Å²) >= 11 is 6.17. The minimum atomic E-state index is -0.386. The quantitative estimate of drug-likeness (QED) is 0.133. The molecule has 0 aliphatic rings. The van der Waals surface area contributed by atoms with Gasteiger partial charge in [-0.05, 0) is 18.6 Å². The molecule has 2 aromatic rings. The van der Waals surface area contributed by atoms with Gasteiger partial charge in [-0.2, -0.15) is 5.10 Å². The standard InChI is InChI=1S/C26H37ClN4O2/c1-2-3-4-5-6-7-8-9-10-11-12-17-24(32)28-20-25(33)31-29-19-22-18-21-15-13-14-16-23(21)30-26(22)27/h13-16,18-19H,2-12,17,20H2,1H3,(H,28,32)(H,31,33)/b29-19+. The monoisotopic (exact) mass is 472 g/mol. The van der Waals surface area contributed by atoms with E-state index in [1.807, 2.05) is 30.3 Å². The van der Waals surface area contributed by atoms with Gasteiger partial charge < -0.3 is 5.32 Å². The molecule has 1 heterocycles. The van der Waals surface area contributed by atoms with Gasteiger partial charge in [0.2, 0.25) is 5.91 Å². The van der Waals surface area contributed by atoms with E-state index in [1.54, 1.807) is 0 Å². The average molecular weight is 473 g/mol. The Hall–Kier alpha value is -2.47. The molecule has 7 heteroatoms. The number of pyridine rings is 1. The van der Waals surface area contributed by atoms with E-state index >= 15 is 0 Å². The van der Waals surface area contributed by atoms with Crippen LogP contribution in [0.3, 0.4) is 0 Å². The first-order valence-electron chi connectivity index (χ1n) is 12.2. The summed E-state index contributed by atoms with van der Waals surface area (Å²) in [4.78, 5) is 28.1. The van der Waals surface area contributed by atoms with Gasteiger partial charge in [0.15, 0.2) is 0 Å². The molecule has 2 N–H and O–H groups in total. The normalized spacial score (nSPS) is 11.2. The maximum atomic E-state index is 11.9. The number of carbonyl (C=O) groups is 2. The van der Waals surface area contributed by atoms with Crippen molar-refractivity contribution in [2.45, 2.75) is 84.0 Å². The molecule has 180 valence electrons. The fourth-order valence-electron chi connectivity index (χ4n) is 3.63. The van der Waals surface area contributed by atoms with Crippen molar-refractivity contribution >= 4 is 40.5 Å². The Morgan fingerprint density at radius 1 is 0.939 bits per heavy atom. The highest BCUT2D eigenvalue weighted by Gasteiger charge is 2.06. The second kappa shape index (κ2) is 16.2. The number of aromatic nitrogens is 1. The second-order valence-electron chi connectivity index (χ2n) is 8.42. The first-order valence-corrected chi connectivity index (χ1v) is 12.6. The summed E-state index contributed by atoms with van der Waals surface area (Å²) in [5.41, 5.74) is 3.81. The van der Waals surface area contributed by atoms with E-state index in [9.17, 15) is 9.59 Å². The summed E-state index contributed by atoms with van der Waals surface area (Å²) in [6.45, 7) is 2.14. The Morgan fingerprint density at radius 2 is 1.58 bits per heavy atom. The largest absolute Gasteiger partial charge is 0.347 e. The number of fused-ring (bicyclic) bond motifs is 1. The van der Waals surface area contributed by atoms with Crippen molar-refractivity contribution in [1.29, 1.82) is 0 Å². The minimum Gasteiger partial charge on any atom is -0.347 e. The third kappa shape index (κ3) is 11.3. The molecule has 0 saturated carbocycles. The first kappa shape index (κ1) is 26.8. The number of para-hydroxylation sites is 1. The SMILES string of the molecule is CCCCCCCCCCCCCC(=O)NCC(=O)N/N=C/c1cc2ccccc2nc1Cl. The van der Waals surface area contributed by atoms with Gasteiger partial charge in [-0.1, -0.05) is 101 Å². The second-order valence-corrected chi connectivity index (χ2v) is 8.77. The lowest BCUT2D eigenvalue weighted by Crippen LogP contribution is -2.34. The highest BCUT2D eigenvalue weighted by Crippen LogP contribution is 2.18. The van der Waals surface area contributed by atoms with Gasteiger partial charge in [-0.25, -0.2) is 10.4 Å². The molecule has 0 spiro atoms. The Balaban J connectivity index is 1.52. The van der Waals surface area contributed by atoms with Gasteiger partial charge in [0.25, 0.3) is 5.91 Å². The molecule has 2 rings (SSSR count). The third-order valence-electron chi connectivity index (χ3n) is 5.55. The number of rotatable bonds is 16. The summed E-state index contributed by atoms with van der Waals surface area (Å²) < 4.78 is 0. The maximum absolute atomic E-state index is 11.9. The molecule has 0 bridgehead atoms. The minimum absolute atomic E-state index is 0.0993. The van der Waals surface area contributed by atoms with Crippen LogP contribution in [0.2, 0.25) is 5.15 Å².